The van der Waals surface area contributed by atoms with Gasteiger partial charge in [0, 0.05) is 18.0 Å². The second-order valence-corrected chi connectivity index (χ2v) is 4.70. The molecule has 0 spiro atoms. The van der Waals surface area contributed by atoms with Crippen LogP contribution < -0.4 is 10.5 Å². The van der Waals surface area contributed by atoms with Gasteiger partial charge in [0.1, 0.15) is 11.4 Å². The lowest BCUT2D eigenvalue weighted by Gasteiger charge is -2.08. The van der Waals surface area contributed by atoms with E-state index in [1.807, 2.05) is 37.3 Å². The Balaban J connectivity index is 2.17. The summed E-state index contributed by atoms with van der Waals surface area (Å²) in [5.74, 6) is 1.07. The van der Waals surface area contributed by atoms with Gasteiger partial charge in [0.15, 0.2) is 0 Å². The molecule has 0 amide bonds. The Morgan fingerprint density at radius 2 is 2.05 bits per heavy atom. The molecule has 0 aliphatic carbocycles. The number of benzene rings is 1. The number of anilines is 1. The lowest BCUT2D eigenvalue weighted by atomic mass is 10.0. The van der Waals surface area contributed by atoms with Crippen molar-refractivity contribution < 1.29 is 9.26 Å². The van der Waals surface area contributed by atoms with Crippen LogP contribution >= 0.6 is 0 Å². The van der Waals surface area contributed by atoms with Gasteiger partial charge >= 0.3 is 0 Å². The van der Waals surface area contributed by atoms with Crippen molar-refractivity contribution in [3.63, 3.8) is 0 Å². The van der Waals surface area contributed by atoms with Crippen LogP contribution in [-0.2, 0) is 0 Å². The van der Waals surface area contributed by atoms with E-state index in [-0.39, 0.29) is 5.88 Å². The number of rotatable bonds is 3. The van der Waals surface area contributed by atoms with Crippen LogP contribution in [-0.4, -0.2) is 17.3 Å². The van der Waals surface area contributed by atoms with Crippen LogP contribution in [0.25, 0.3) is 22.4 Å². The number of pyridine rings is 1. The summed E-state index contributed by atoms with van der Waals surface area (Å²) in [4.78, 5) is 4.11. The van der Waals surface area contributed by atoms with E-state index < -0.39 is 0 Å². The molecule has 0 saturated carbocycles. The molecule has 0 aliphatic heterocycles. The molecule has 0 atom stereocenters. The average Bonchev–Trinajstić information content (AvgIpc) is 2.90. The minimum absolute atomic E-state index is 0.278. The normalized spacial score (nSPS) is 10.6. The van der Waals surface area contributed by atoms with E-state index in [0.717, 1.165) is 28.0 Å². The molecule has 0 radical (unpaired) electrons. The number of ether oxygens (including phenoxy) is 1. The predicted octanol–water partition coefficient (Wildman–Crippen LogP) is 3.30. The lowest BCUT2D eigenvalue weighted by Crippen LogP contribution is -1.91. The van der Waals surface area contributed by atoms with Crippen LogP contribution in [0.3, 0.4) is 0 Å². The van der Waals surface area contributed by atoms with Gasteiger partial charge in [0.05, 0.1) is 12.7 Å². The number of hydrogen-bond donors (Lipinski definition) is 1. The summed E-state index contributed by atoms with van der Waals surface area (Å²) in [6, 6.07) is 9.64. The Morgan fingerprint density at radius 1 is 1.19 bits per heavy atom. The number of nitrogen functional groups attached to an aromatic ring is 1. The molecule has 0 aliphatic rings. The molecule has 0 fully saturated rings. The van der Waals surface area contributed by atoms with E-state index >= 15 is 0 Å². The molecule has 0 saturated heterocycles. The van der Waals surface area contributed by atoms with Crippen LogP contribution in [0.4, 0.5) is 5.88 Å². The Bertz CT molecular complexity index is 766. The number of nitrogens with two attached hydrogens (primary N) is 1. The molecule has 3 aromatic rings. The van der Waals surface area contributed by atoms with Gasteiger partial charge in [-0.3, -0.25) is 4.98 Å². The van der Waals surface area contributed by atoms with Crippen LogP contribution in [0, 0.1) is 6.92 Å². The average molecular weight is 281 g/mol. The zero-order valence-corrected chi connectivity index (χ0v) is 11.8. The maximum absolute atomic E-state index is 5.95. The van der Waals surface area contributed by atoms with E-state index in [2.05, 4.69) is 10.1 Å². The third-order valence-electron chi connectivity index (χ3n) is 3.35. The van der Waals surface area contributed by atoms with Gasteiger partial charge in [0.2, 0.25) is 5.88 Å². The zero-order valence-electron chi connectivity index (χ0n) is 11.8. The summed E-state index contributed by atoms with van der Waals surface area (Å²) in [6.07, 6.45) is 3.44. The van der Waals surface area contributed by atoms with Gasteiger partial charge in [-0.25, -0.2) is 0 Å². The Kier molecular flexibility index (Phi) is 3.31. The van der Waals surface area contributed by atoms with Gasteiger partial charge < -0.3 is 15.0 Å². The highest BCUT2D eigenvalue weighted by Gasteiger charge is 2.18. The summed E-state index contributed by atoms with van der Waals surface area (Å²) in [5.41, 5.74) is 10.2. The highest BCUT2D eigenvalue weighted by atomic mass is 16.5. The quantitative estimate of drug-likeness (QED) is 0.797. The topological polar surface area (TPSA) is 74.2 Å². The largest absolute Gasteiger partial charge is 0.496 e. The number of aryl methyl sites for hydroxylation is 1. The molecule has 2 aromatic heterocycles. The van der Waals surface area contributed by atoms with Crippen molar-refractivity contribution in [2.24, 2.45) is 0 Å². The monoisotopic (exact) mass is 281 g/mol. The van der Waals surface area contributed by atoms with Crippen molar-refractivity contribution in [3.8, 4) is 28.1 Å². The van der Waals surface area contributed by atoms with Crippen molar-refractivity contribution in [3.05, 3.63) is 48.3 Å². The first-order valence-corrected chi connectivity index (χ1v) is 6.51. The van der Waals surface area contributed by atoms with Gasteiger partial charge in [-0.1, -0.05) is 17.3 Å². The summed E-state index contributed by atoms with van der Waals surface area (Å²) in [5, 5.41) is 4.06. The van der Waals surface area contributed by atoms with E-state index in [1.54, 1.807) is 19.5 Å². The van der Waals surface area contributed by atoms with Crippen molar-refractivity contribution in [2.45, 2.75) is 6.92 Å². The third-order valence-corrected chi connectivity index (χ3v) is 3.35. The first-order chi connectivity index (χ1) is 10.2. The number of aromatic nitrogens is 2. The predicted molar refractivity (Wildman–Crippen MR) is 80.9 cm³/mol. The second kappa shape index (κ2) is 5.28. The molecule has 1 aromatic carbocycles. The highest BCUT2D eigenvalue weighted by Crippen LogP contribution is 2.37. The van der Waals surface area contributed by atoms with Crippen molar-refractivity contribution in [1.29, 1.82) is 0 Å². The molecule has 2 N–H and O–H groups in total. The fourth-order valence-electron chi connectivity index (χ4n) is 2.26. The molecule has 5 heteroatoms. The van der Waals surface area contributed by atoms with Crippen molar-refractivity contribution in [1.82, 2.24) is 10.1 Å². The summed E-state index contributed by atoms with van der Waals surface area (Å²) in [7, 11) is 1.64. The van der Waals surface area contributed by atoms with Gasteiger partial charge in [-0.15, -0.1) is 0 Å². The zero-order chi connectivity index (χ0) is 14.8. The number of nitrogens with zero attached hydrogens (tertiary/aromatic N) is 2. The van der Waals surface area contributed by atoms with Crippen molar-refractivity contribution >= 4 is 5.88 Å². The van der Waals surface area contributed by atoms with Crippen LogP contribution in [0.5, 0.6) is 5.75 Å². The molecular formula is C16H15N3O2. The standard InChI is InChI=1S/C16H15N3O2/c1-10-5-6-11(8-13(10)20-2)14-15(19-21-16(14)17)12-4-3-7-18-9-12/h3-9H,17H2,1-2H3. The minimum atomic E-state index is 0.278. The molecule has 0 bridgehead atoms. The fourth-order valence-corrected chi connectivity index (χ4v) is 2.26. The SMILES string of the molecule is COc1cc(-c2c(-c3cccnc3)noc2N)ccc1C. The summed E-state index contributed by atoms with van der Waals surface area (Å²) >= 11 is 0. The Hall–Kier alpha value is -2.82. The molecular weight excluding hydrogens is 266 g/mol. The van der Waals surface area contributed by atoms with Crippen LogP contribution in [0.1, 0.15) is 5.56 Å². The number of hydrogen-bond acceptors (Lipinski definition) is 5. The van der Waals surface area contributed by atoms with Crippen LogP contribution in [0.2, 0.25) is 0 Å². The second-order valence-electron chi connectivity index (χ2n) is 4.70. The first kappa shape index (κ1) is 13.2. The van der Waals surface area contributed by atoms with E-state index in [9.17, 15) is 0 Å². The minimum Gasteiger partial charge on any atom is -0.496 e. The maximum Gasteiger partial charge on any atom is 0.230 e. The molecule has 5 nitrogen and oxygen atoms in total. The Labute approximate surface area is 122 Å². The molecule has 3 rings (SSSR count). The van der Waals surface area contributed by atoms with Gasteiger partial charge in [-0.05, 0) is 36.2 Å². The smallest absolute Gasteiger partial charge is 0.230 e. The molecule has 106 valence electrons. The molecule has 2 heterocycles. The lowest BCUT2D eigenvalue weighted by molar-refractivity contribution is 0.412. The molecule has 21 heavy (non-hydrogen) atoms. The Morgan fingerprint density at radius 3 is 2.76 bits per heavy atom. The van der Waals surface area contributed by atoms with E-state index in [1.165, 1.54) is 0 Å². The molecule has 0 unspecified atom stereocenters. The first-order valence-electron chi connectivity index (χ1n) is 6.51. The fraction of sp³-hybridized carbons (Fsp3) is 0.125. The van der Waals surface area contributed by atoms with Crippen molar-refractivity contribution in [2.75, 3.05) is 12.8 Å². The maximum atomic E-state index is 5.95. The third kappa shape index (κ3) is 2.33. The summed E-state index contributed by atoms with van der Waals surface area (Å²) < 4.78 is 10.5. The summed E-state index contributed by atoms with van der Waals surface area (Å²) in [6.45, 7) is 1.99. The van der Waals surface area contributed by atoms with Gasteiger partial charge in [-0.2, -0.15) is 0 Å². The van der Waals surface area contributed by atoms with E-state index in [4.69, 9.17) is 15.0 Å². The van der Waals surface area contributed by atoms with Crippen LogP contribution in [0.15, 0.2) is 47.2 Å². The van der Waals surface area contributed by atoms with E-state index in [0.29, 0.717) is 5.69 Å². The van der Waals surface area contributed by atoms with Gasteiger partial charge in [0.25, 0.3) is 0 Å². The number of methoxy groups -OCH3 is 1. The highest BCUT2D eigenvalue weighted by molar-refractivity contribution is 5.87.